The van der Waals surface area contributed by atoms with Crippen LogP contribution in [0.2, 0.25) is 10.0 Å². The molecule has 4 rings (SSSR count). The largest absolute Gasteiger partial charge is 0.324 e. The van der Waals surface area contributed by atoms with Crippen LogP contribution in [0.15, 0.2) is 65.8 Å². The first kappa shape index (κ1) is 23.4. The van der Waals surface area contributed by atoms with Crippen molar-refractivity contribution in [3.8, 4) is 11.4 Å². The van der Waals surface area contributed by atoms with E-state index in [4.69, 9.17) is 28.2 Å². The number of hydrazone groups is 1. The summed E-state index contributed by atoms with van der Waals surface area (Å²) >= 11 is 12.5. The first-order valence-electron chi connectivity index (χ1n) is 10.4. The summed E-state index contributed by atoms with van der Waals surface area (Å²) in [6.45, 7) is 2.81. The van der Waals surface area contributed by atoms with Gasteiger partial charge in [0.15, 0.2) is 0 Å². The number of non-ortho nitro benzene ring substituents is 1. The number of hydrogen-bond donors (Lipinski definition) is 1. The van der Waals surface area contributed by atoms with Crippen LogP contribution in [0.1, 0.15) is 29.3 Å². The van der Waals surface area contributed by atoms with Gasteiger partial charge in [-0.15, -0.1) is 0 Å². The highest BCUT2D eigenvalue weighted by Gasteiger charge is 2.16. The van der Waals surface area contributed by atoms with Crippen LogP contribution in [0.5, 0.6) is 0 Å². The number of amides is 1. The molecule has 0 saturated carbocycles. The molecule has 10 heteroatoms. The molecule has 1 aromatic heterocycles. The third kappa shape index (κ3) is 4.93. The lowest BCUT2D eigenvalue weighted by Gasteiger charge is -2.09. The highest BCUT2D eigenvalue weighted by Crippen LogP contribution is 2.32. The molecule has 0 bridgehead atoms. The average molecular weight is 496 g/mol. The molecular formula is C24H19Cl2N5O3. The fourth-order valence-corrected chi connectivity index (χ4v) is 4.00. The number of nitro benzene ring substituents is 1. The van der Waals surface area contributed by atoms with Gasteiger partial charge in [0.1, 0.15) is 5.82 Å². The Morgan fingerprint density at radius 2 is 1.91 bits per heavy atom. The maximum absolute atomic E-state index is 12.6. The molecule has 0 unspecified atom stereocenters. The van der Waals surface area contributed by atoms with E-state index in [0.29, 0.717) is 32.5 Å². The van der Waals surface area contributed by atoms with Gasteiger partial charge in [-0.05, 0) is 60.5 Å². The number of halogens is 2. The Balaban J connectivity index is 1.59. The summed E-state index contributed by atoms with van der Waals surface area (Å²) in [7, 11) is 0. The number of nitro groups is 1. The molecule has 3 aromatic carbocycles. The van der Waals surface area contributed by atoms with Crippen LogP contribution >= 0.6 is 23.2 Å². The van der Waals surface area contributed by atoms with Crippen LogP contribution < -0.4 is 5.43 Å². The van der Waals surface area contributed by atoms with Crippen LogP contribution in [0.25, 0.3) is 22.4 Å². The van der Waals surface area contributed by atoms with Crippen molar-refractivity contribution in [2.45, 2.75) is 19.9 Å². The van der Waals surface area contributed by atoms with Crippen molar-refractivity contribution >= 4 is 52.0 Å². The normalized spacial score (nSPS) is 11.3. The minimum absolute atomic E-state index is 0.0174. The van der Waals surface area contributed by atoms with E-state index in [1.807, 2.05) is 12.1 Å². The van der Waals surface area contributed by atoms with Crippen LogP contribution in [-0.4, -0.2) is 26.6 Å². The summed E-state index contributed by atoms with van der Waals surface area (Å²) in [4.78, 5) is 27.6. The fraction of sp³-hybridized carbons (Fsp3) is 0.125. The van der Waals surface area contributed by atoms with Crippen molar-refractivity contribution < 1.29 is 9.72 Å². The number of benzene rings is 3. The minimum Gasteiger partial charge on any atom is -0.324 e. The second-order valence-electron chi connectivity index (χ2n) is 7.46. The van der Waals surface area contributed by atoms with Crippen molar-refractivity contribution in [1.82, 2.24) is 15.0 Å². The first-order valence-corrected chi connectivity index (χ1v) is 11.2. The molecule has 0 aliphatic heterocycles. The molecule has 0 aliphatic carbocycles. The number of rotatable bonds is 7. The minimum atomic E-state index is -0.479. The third-order valence-corrected chi connectivity index (χ3v) is 5.66. The molecule has 0 fully saturated rings. The number of fused-ring (bicyclic) bond motifs is 1. The molecule has 1 N–H and O–H groups in total. The van der Waals surface area contributed by atoms with Crippen LogP contribution in [-0.2, 0) is 6.54 Å². The lowest BCUT2D eigenvalue weighted by molar-refractivity contribution is -0.384. The zero-order valence-electron chi connectivity index (χ0n) is 18.0. The quantitative estimate of drug-likeness (QED) is 0.190. The Kier molecular flexibility index (Phi) is 6.90. The zero-order chi connectivity index (χ0) is 24.2. The average Bonchev–Trinajstić information content (AvgIpc) is 3.17. The number of hydrogen-bond acceptors (Lipinski definition) is 5. The van der Waals surface area contributed by atoms with E-state index >= 15 is 0 Å². The molecule has 0 saturated heterocycles. The van der Waals surface area contributed by atoms with Gasteiger partial charge in [-0.3, -0.25) is 14.9 Å². The lowest BCUT2D eigenvalue weighted by atomic mass is 10.2. The van der Waals surface area contributed by atoms with Gasteiger partial charge in [0.05, 0.1) is 27.2 Å². The van der Waals surface area contributed by atoms with Crippen molar-refractivity contribution in [3.05, 3.63) is 92.0 Å². The number of imidazole rings is 1. The Morgan fingerprint density at radius 3 is 2.59 bits per heavy atom. The molecule has 172 valence electrons. The monoisotopic (exact) mass is 495 g/mol. The molecule has 0 radical (unpaired) electrons. The molecule has 0 aliphatic rings. The van der Waals surface area contributed by atoms with E-state index in [9.17, 15) is 14.9 Å². The van der Waals surface area contributed by atoms with Crippen LogP contribution in [0, 0.1) is 10.1 Å². The summed E-state index contributed by atoms with van der Waals surface area (Å²) < 4.78 is 2.07. The van der Waals surface area contributed by atoms with Crippen LogP contribution in [0.3, 0.4) is 0 Å². The standard InChI is InChI=1S/C24H19Cl2N5O3/c1-2-11-30-22-10-5-16(12-21(22)28-23(30)19-9-6-17(25)13-20(19)26)24(32)29-27-14-15-3-7-18(8-4-15)31(33)34/h3-10,12-14H,2,11H2,1H3,(H,29,32)/b27-14+. The second kappa shape index (κ2) is 10.0. The summed E-state index contributed by atoms with van der Waals surface area (Å²) in [6, 6.07) is 16.4. The molecular weight excluding hydrogens is 477 g/mol. The summed E-state index contributed by atoms with van der Waals surface area (Å²) in [5.41, 5.74) is 5.75. The lowest BCUT2D eigenvalue weighted by Crippen LogP contribution is -2.17. The van der Waals surface area contributed by atoms with Gasteiger partial charge in [0.2, 0.25) is 0 Å². The van der Waals surface area contributed by atoms with Crippen LogP contribution in [0.4, 0.5) is 5.69 Å². The van der Waals surface area contributed by atoms with E-state index in [1.54, 1.807) is 36.4 Å². The molecule has 8 nitrogen and oxygen atoms in total. The molecule has 0 spiro atoms. The smallest absolute Gasteiger partial charge is 0.271 e. The van der Waals surface area contributed by atoms with Gasteiger partial charge in [-0.2, -0.15) is 5.10 Å². The Labute approximate surface area is 205 Å². The predicted molar refractivity (Wildman–Crippen MR) is 134 cm³/mol. The Hall–Kier alpha value is -3.75. The fourth-order valence-electron chi connectivity index (χ4n) is 3.51. The van der Waals surface area contributed by atoms with Crippen molar-refractivity contribution in [2.75, 3.05) is 0 Å². The summed E-state index contributed by atoms with van der Waals surface area (Å²) in [5.74, 6) is 0.295. The predicted octanol–water partition coefficient (Wildman–Crippen LogP) is 6.09. The number of aromatic nitrogens is 2. The maximum Gasteiger partial charge on any atom is 0.271 e. The SMILES string of the molecule is CCCn1c(-c2ccc(Cl)cc2Cl)nc2cc(C(=O)N/N=C/c3ccc([N+](=O)[O-])cc3)ccc21. The first-order chi connectivity index (χ1) is 16.4. The summed E-state index contributed by atoms with van der Waals surface area (Å²) in [5, 5.41) is 15.7. The van der Waals surface area contributed by atoms with Gasteiger partial charge in [0, 0.05) is 34.8 Å². The molecule has 4 aromatic rings. The highest BCUT2D eigenvalue weighted by atomic mass is 35.5. The molecule has 0 atom stereocenters. The van der Waals surface area contributed by atoms with E-state index in [2.05, 4.69) is 22.0 Å². The van der Waals surface area contributed by atoms with Crippen molar-refractivity contribution in [2.24, 2.45) is 5.10 Å². The van der Waals surface area contributed by atoms with Gasteiger partial charge >= 0.3 is 0 Å². The van der Waals surface area contributed by atoms with Gasteiger partial charge in [0.25, 0.3) is 11.6 Å². The third-order valence-electron chi connectivity index (χ3n) is 5.11. The van der Waals surface area contributed by atoms with Gasteiger partial charge in [-0.1, -0.05) is 30.1 Å². The maximum atomic E-state index is 12.6. The van der Waals surface area contributed by atoms with Crippen molar-refractivity contribution in [3.63, 3.8) is 0 Å². The highest BCUT2D eigenvalue weighted by molar-refractivity contribution is 6.36. The molecule has 34 heavy (non-hydrogen) atoms. The number of nitrogens with zero attached hydrogens (tertiary/aromatic N) is 4. The van der Waals surface area contributed by atoms with E-state index in [0.717, 1.165) is 24.0 Å². The number of aryl methyl sites for hydroxylation is 1. The van der Waals surface area contributed by atoms with E-state index < -0.39 is 10.8 Å². The van der Waals surface area contributed by atoms with E-state index in [1.165, 1.54) is 18.3 Å². The van der Waals surface area contributed by atoms with E-state index in [-0.39, 0.29) is 5.69 Å². The number of carbonyl (C=O) groups excluding carboxylic acids is 1. The van der Waals surface area contributed by atoms with Crippen molar-refractivity contribution in [1.29, 1.82) is 0 Å². The number of carbonyl (C=O) groups is 1. The topological polar surface area (TPSA) is 102 Å². The summed E-state index contributed by atoms with van der Waals surface area (Å²) in [6.07, 6.45) is 2.31. The zero-order valence-corrected chi connectivity index (χ0v) is 19.5. The Morgan fingerprint density at radius 1 is 1.15 bits per heavy atom. The van der Waals surface area contributed by atoms with Gasteiger partial charge in [-0.25, -0.2) is 10.4 Å². The molecule has 1 amide bonds. The molecule has 1 heterocycles. The second-order valence-corrected chi connectivity index (χ2v) is 8.31. The van der Waals surface area contributed by atoms with Gasteiger partial charge < -0.3 is 4.57 Å². The Bertz CT molecular complexity index is 1410. The number of nitrogens with one attached hydrogen (secondary N) is 1.